The molecule has 1 aliphatic rings. The number of carbonyl (C=O) groups excluding carboxylic acids is 2. The summed E-state index contributed by atoms with van der Waals surface area (Å²) in [5, 5.41) is 0. The summed E-state index contributed by atoms with van der Waals surface area (Å²) in [7, 11) is 0. The largest absolute Gasteiger partial charge is 0.461 e. The van der Waals surface area contributed by atoms with E-state index in [2.05, 4.69) is 20.8 Å². The average Bonchev–Trinajstić information content (AvgIpc) is 2.72. The number of ether oxygens (including phenoxy) is 1. The zero-order valence-corrected chi connectivity index (χ0v) is 17.7. The van der Waals surface area contributed by atoms with Crippen LogP contribution in [0.25, 0.3) is 0 Å². The number of carbonyl (C=O) groups is 2. The highest BCUT2D eigenvalue weighted by Gasteiger charge is 2.37. The van der Waals surface area contributed by atoms with E-state index in [1.165, 1.54) is 6.42 Å². The molecule has 3 rings (SSSR count). The zero-order valence-electron chi connectivity index (χ0n) is 17.7. The van der Waals surface area contributed by atoms with E-state index in [9.17, 15) is 9.59 Å². The number of benzene rings is 2. The molecule has 3 nitrogen and oxygen atoms in total. The number of hydrogen-bond acceptors (Lipinski definition) is 3. The van der Waals surface area contributed by atoms with E-state index in [4.69, 9.17) is 4.74 Å². The quantitative estimate of drug-likeness (QED) is 0.343. The number of esters is 1. The number of Topliss-reactive ketones (excluding diaryl/α,β-unsaturated/α-hetero) is 1. The van der Waals surface area contributed by atoms with E-state index in [0.29, 0.717) is 29.7 Å². The van der Waals surface area contributed by atoms with Crippen molar-refractivity contribution in [3.8, 4) is 0 Å². The van der Waals surface area contributed by atoms with Gasteiger partial charge in [0.2, 0.25) is 0 Å². The molecular weight excluding hydrogens is 360 g/mol. The Bertz CT molecular complexity index is 797. The van der Waals surface area contributed by atoms with Crippen LogP contribution in [0.3, 0.4) is 0 Å². The minimum atomic E-state index is -0.815. The molecule has 0 N–H and O–H groups in total. The van der Waals surface area contributed by atoms with Crippen LogP contribution in [0.5, 0.6) is 0 Å². The fourth-order valence-corrected chi connectivity index (χ4v) is 4.42. The molecule has 1 aliphatic carbocycles. The second-order valence-corrected chi connectivity index (χ2v) is 8.77. The van der Waals surface area contributed by atoms with Crippen molar-refractivity contribution in [2.24, 2.45) is 23.7 Å². The lowest BCUT2D eigenvalue weighted by Crippen LogP contribution is -2.39. The van der Waals surface area contributed by atoms with Gasteiger partial charge in [-0.05, 0) is 42.6 Å². The highest BCUT2D eigenvalue weighted by atomic mass is 16.5. The van der Waals surface area contributed by atoms with Crippen molar-refractivity contribution in [1.82, 2.24) is 0 Å². The number of ketones is 1. The highest BCUT2D eigenvalue weighted by molar-refractivity contribution is 6.08. The van der Waals surface area contributed by atoms with Gasteiger partial charge in [0.1, 0.15) is 12.0 Å². The van der Waals surface area contributed by atoms with Crippen molar-refractivity contribution >= 4 is 11.8 Å². The number of hydrogen-bond donors (Lipinski definition) is 0. The maximum absolute atomic E-state index is 13.3. The molecule has 0 aromatic heterocycles. The van der Waals surface area contributed by atoms with Crippen LogP contribution in [0, 0.1) is 23.7 Å². The molecule has 0 saturated heterocycles. The lowest BCUT2D eigenvalue weighted by atomic mass is 9.75. The predicted octanol–water partition coefficient (Wildman–Crippen LogP) is 5.73. The van der Waals surface area contributed by atoms with Gasteiger partial charge in [0, 0.05) is 5.56 Å². The van der Waals surface area contributed by atoms with Crippen LogP contribution in [0.4, 0.5) is 0 Å². The summed E-state index contributed by atoms with van der Waals surface area (Å²) in [5.41, 5.74) is 1.53. The normalized spacial score (nSPS) is 22.8. The molecule has 0 spiro atoms. The van der Waals surface area contributed by atoms with E-state index in [-0.39, 0.29) is 17.9 Å². The fraction of sp³-hybridized carbons (Fsp3) is 0.462. The molecule has 3 heteroatoms. The Labute approximate surface area is 174 Å². The van der Waals surface area contributed by atoms with Gasteiger partial charge in [-0.25, -0.2) is 0 Å². The van der Waals surface area contributed by atoms with Gasteiger partial charge in [0.15, 0.2) is 5.78 Å². The van der Waals surface area contributed by atoms with Gasteiger partial charge in [-0.2, -0.15) is 0 Å². The van der Waals surface area contributed by atoms with Gasteiger partial charge >= 0.3 is 5.97 Å². The van der Waals surface area contributed by atoms with Gasteiger partial charge in [-0.3, -0.25) is 9.59 Å². The van der Waals surface area contributed by atoms with Crippen molar-refractivity contribution in [2.75, 3.05) is 0 Å². The summed E-state index contributed by atoms with van der Waals surface area (Å²) in [5.74, 6) is -0.000965. The summed E-state index contributed by atoms with van der Waals surface area (Å²) in [6, 6.07) is 18.8. The first-order valence-corrected chi connectivity index (χ1v) is 10.8. The van der Waals surface area contributed by atoms with Gasteiger partial charge in [-0.1, -0.05) is 87.9 Å². The lowest BCUT2D eigenvalue weighted by Gasteiger charge is -2.37. The Kier molecular flexibility index (Phi) is 7.24. The molecular formula is C26H32O3. The maximum atomic E-state index is 13.3. The van der Waals surface area contributed by atoms with Crippen molar-refractivity contribution in [1.29, 1.82) is 0 Å². The van der Waals surface area contributed by atoms with Crippen LogP contribution < -0.4 is 0 Å². The van der Waals surface area contributed by atoms with Crippen LogP contribution in [0.15, 0.2) is 60.7 Å². The molecule has 2 aromatic rings. The Morgan fingerprint density at radius 2 is 1.59 bits per heavy atom. The summed E-state index contributed by atoms with van der Waals surface area (Å²) in [6.07, 6.45) is 3.39. The van der Waals surface area contributed by atoms with Crippen molar-refractivity contribution in [3.63, 3.8) is 0 Å². The third-order valence-electron chi connectivity index (χ3n) is 6.17. The first kappa shape index (κ1) is 21.3. The topological polar surface area (TPSA) is 43.4 Å². The van der Waals surface area contributed by atoms with Gasteiger partial charge in [0.25, 0.3) is 0 Å². The van der Waals surface area contributed by atoms with Gasteiger partial charge in [0.05, 0.1) is 0 Å². The summed E-state index contributed by atoms with van der Waals surface area (Å²) >= 11 is 0. The predicted molar refractivity (Wildman–Crippen MR) is 116 cm³/mol. The average molecular weight is 393 g/mol. The molecule has 1 saturated carbocycles. The Morgan fingerprint density at radius 1 is 0.966 bits per heavy atom. The minimum absolute atomic E-state index is 0.104. The highest BCUT2D eigenvalue weighted by Crippen LogP contribution is 2.36. The van der Waals surface area contributed by atoms with Gasteiger partial charge < -0.3 is 4.74 Å². The van der Waals surface area contributed by atoms with E-state index in [0.717, 1.165) is 18.4 Å². The van der Waals surface area contributed by atoms with Crippen molar-refractivity contribution in [2.45, 2.75) is 52.6 Å². The molecule has 0 bridgehead atoms. The van der Waals surface area contributed by atoms with Crippen LogP contribution in [-0.2, 0) is 16.0 Å². The second-order valence-electron chi connectivity index (χ2n) is 8.77. The Hall–Kier alpha value is -2.42. The molecule has 154 valence electrons. The van der Waals surface area contributed by atoms with E-state index < -0.39 is 5.92 Å². The summed E-state index contributed by atoms with van der Waals surface area (Å²) in [6.45, 7) is 6.60. The first-order chi connectivity index (χ1) is 14.0. The zero-order chi connectivity index (χ0) is 20.8. The maximum Gasteiger partial charge on any atom is 0.317 e. The SMILES string of the molecule is CC(C)[C@H]1CC[C@@H](C)C[C@H]1OC(=O)[C@H](Cc1ccccc1)C(=O)c1ccccc1. The first-order valence-electron chi connectivity index (χ1n) is 10.8. The molecule has 2 aromatic carbocycles. The van der Waals surface area contributed by atoms with E-state index in [1.54, 1.807) is 12.1 Å². The minimum Gasteiger partial charge on any atom is -0.461 e. The molecule has 0 heterocycles. The van der Waals surface area contributed by atoms with Crippen LogP contribution in [-0.4, -0.2) is 17.9 Å². The van der Waals surface area contributed by atoms with Gasteiger partial charge in [-0.15, -0.1) is 0 Å². The second kappa shape index (κ2) is 9.87. The monoisotopic (exact) mass is 392 g/mol. The van der Waals surface area contributed by atoms with Crippen molar-refractivity contribution in [3.05, 3.63) is 71.8 Å². The standard InChI is InChI=1S/C26H32O3/c1-18(2)22-15-14-19(3)16-24(22)29-26(28)23(17-20-10-6-4-7-11-20)25(27)21-12-8-5-9-13-21/h4-13,18-19,22-24H,14-17H2,1-3H3/t19-,22-,23-,24-/m1/s1. The van der Waals surface area contributed by atoms with E-state index >= 15 is 0 Å². The third-order valence-corrected chi connectivity index (χ3v) is 6.17. The number of rotatable bonds is 7. The van der Waals surface area contributed by atoms with E-state index in [1.807, 2.05) is 48.5 Å². The Morgan fingerprint density at radius 3 is 2.21 bits per heavy atom. The van der Waals surface area contributed by atoms with Crippen LogP contribution in [0.2, 0.25) is 0 Å². The third kappa shape index (κ3) is 5.56. The van der Waals surface area contributed by atoms with Crippen LogP contribution in [0.1, 0.15) is 56.0 Å². The lowest BCUT2D eigenvalue weighted by molar-refractivity contribution is -0.159. The van der Waals surface area contributed by atoms with Crippen molar-refractivity contribution < 1.29 is 14.3 Å². The fourth-order valence-electron chi connectivity index (χ4n) is 4.42. The van der Waals surface area contributed by atoms with Crippen LogP contribution >= 0.6 is 0 Å². The summed E-state index contributed by atoms with van der Waals surface area (Å²) in [4.78, 5) is 26.5. The molecule has 0 unspecified atom stereocenters. The molecule has 0 amide bonds. The molecule has 0 aliphatic heterocycles. The summed E-state index contributed by atoms with van der Waals surface area (Å²) < 4.78 is 6.05. The molecule has 1 fully saturated rings. The molecule has 29 heavy (non-hydrogen) atoms. The molecule has 4 atom stereocenters. The molecule has 0 radical (unpaired) electrons. The Balaban J connectivity index is 1.82. The smallest absolute Gasteiger partial charge is 0.317 e.